The van der Waals surface area contributed by atoms with Crippen molar-refractivity contribution in [3.8, 4) is 0 Å². The molecule has 3 rings (SSSR count). The summed E-state index contributed by atoms with van der Waals surface area (Å²) in [7, 11) is 0. The third kappa shape index (κ3) is 4.64. The van der Waals surface area contributed by atoms with E-state index in [0.29, 0.717) is 43.9 Å². The Labute approximate surface area is 150 Å². The molecule has 2 aromatic rings. The number of hydrogen-bond acceptors (Lipinski definition) is 4. The minimum absolute atomic E-state index is 0.263. The number of benzene rings is 1. The third-order valence-electron chi connectivity index (χ3n) is 4.48. The van der Waals surface area contributed by atoms with Crippen molar-refractivity contribution in [2.24, 2.45) is 5.92 Å². The summed E-state index contributed by atoms with van der Waals surface area (Å²) in [6.07, 6.45) is 1.27. The van der Waals surface area contributed by atoms with E-state index in [1.54, 1.807) is 6.07 Å². The molecule has 7 heteroatoms. The molecule has 0 bridgehead atoms. The van der Waals surface area contributed by atoms with Crippen LogP contribution in [0.15, 0.2) is 42.5 Å². The zero-order valence-corrected chi connectivity index (χ0v) is 14.2. The van der Waals surface area contributed by atoms with Gasteiger partial charge in [0.25, 0.3) is 5.91 Å². The number of carboxylic acid groups (broad SMARTS) is 1. The van der Waals surface area contributed by atoms with Crippen LogP contribution < -0.4 is 5.32 Å². The van der Waals surface area contributed by atoms with E-state index in [9.17, 15) is 14.0 Å². The van der Waals surface area contributed by atoms with Crippen LogP contribution in [0.25, 0.3) is 0 Å². The van der Waals surface area contributed by atoms with Crippen molar-refractivity contribution < 1.29 is 19.1 Å². The van der Waals surface area contributed by atoms with Gasteiger partial charge in [-0.3, -0.25) is 14.5 Å². The fourth-order valence-corrected chi connectivity index (χ4v) is 2.99. The number of aliphatic carboxylic acids is 1. The Morgan fingerprint density at radius 1 is 1.15 bits per heavy atom. The van der Waals surface area contributed by atoms with Crippen LogP contribution in [0.2, 0.25) is 0 Å². The third-order valence-corrected chi connectivity index (χ3v) is 4.48. The van der Waals surface area contributed by atoms with E-state index < -0.39 is 11.8 Å². The number of amides is 1. The lowest BCUT2D eigenvalue weighted by atomic mass is 9.97. The first kappa shape index (κ1) is 18.0. The van der Waals surface area contributed by atoms with Crippen molar-refractivity contribution in [2.75, 3.05) is 18.4 Å². The molecule has 0 atom stereocenters. The van der Waals surface area contributed by atoms with Gasteiger partial charge in [-0.1, -0.05) is 6.07 Å². The van der Waals surface area contributed by atoms with Gasteiger partial charge in [0.05, 0.1) is 11.6 Å². The summed E-state index contributed by atoms with van der Waals surface area (Å²) in [6, 6.07) is 10.7. The highest BCUT2D eigenvalue weighted by atomic mass is 19.1. The number of carbonyl (C=O) groups is 2. The molecule has 1 aliphatic rings. The fraction of sp³-hybridized carbons (Fsp3) is 0.316. The molecule has 0 saturated carbocycles. The van der Waals surface area contributed by atoms with Crippen LogP contribution in [0, 0.1) is 11.7 Å². The van der Waals surface area contributed by atoms with E-state index in [2.05, 4.69) is 15.2 Å². The van der Waals surface area contributed by atoms with Crippen molar-refractivity contribution >= 4 is 17.7 Å². The van der Waals surface area contributed by atoms with E-state index in [1.165, 1.54) is 24.3 Å². The molecule has 0 unspecified atom stereocenters. The zero-order valence-electron chi connectivity index (χ0n) is 14.2. The molecule has 0 spiro atoms. The van der Waals surface area contributed by atoms with E-state index in [0.717, 1.165) is 5.69 Å². The standard InChI is InChI=1S/C19H20FN3O3/c20-15-6-4-13(5-7-15)18(24)22-17-3-1-2-16(21-17)12-23-10-8-14(9-11-23)19(25)26/h1-7,14H,8-12H2,(H,25,26)(H,21,22,24). The number of hydrogen-bond donors (Lipinski definition) is 2. The second-order valence-electron chi connectivity index (χ2n) is 6.36. The number of pyridine rings is 1. The number of anilines is 1. The smallest absolute Gasteiger partial charge is 0.306 e. The van der Waals surface area contributed by atoms with Gasteiger partial charge in [0.15, 0.2) is 0 Å². The molecule has 2 heterocycles. The number of rotatable bonds is 5. The van der Waals surface area contributed by atoms with Crippen molar-refractivity contribution in [3.63, 3.8) is 0 Å². The van der Waals surface area contributed by atoms with Crippen molar-refractivity contribution in [1.82, 2.24) is 9.88 Å². The number of piperidine rings is 1. The average molecular weight is 357 g/mol. The van der Waals surface area contributed by atoms with E-state index >= 15 is 0 Å². The van der Waals surface area contributed by atoms with Crippen molar-refractivity contribution in [3.05, 3.63) is 59.5 Å². The number of likely N-dealkylation sites (tertiary alicyclic amines) is 1. The number of carbonyl (C=O) groups excluding carboxylic acids is 1. The van der Waals surface area contributed by atoms with Crippen LogP contribution in [0.5, 0.6) is 0 Å². The maximum absolute atomic E-state index is 12.9. The Morgan fingerprint density at radius 3 is 2.50 bits per heavy atom. The van der Waals surface area contributed by atoms with Crippen LogP contribution in [0.1, 0.15) is 28.9 Å². The lowest BCUT2D eigenvalue weighted by molar-refractivity contribution is -0.143. The molecule has 26 heavy (non-hydrogen) atoms. The molecule has 0 aliphatic carbocycles. The van der Waals surface area contributed by atoms with E-state index in [1.807, 2.05) is 12.1 Å². The van der Waals surface area contributed by atoms with Crippen LogP contribution in [-0.4, -0.2) is 40.0 Å². The van der Waals surface area contributed by atoms with Crippen LogP contribution >= 0.6 is 0 Å². The molecule has 1 fully saturated rings. The molecule has 1 aliphatic heterocycles. The predicted octanol–water partition coefficient (Wildman–Crippen LogP) is 2.77. The summed E-state index contributed by atoms with van der Waals surface area (Å²) < 4.78 is 12.9. The van der Waals surface area contributed by atoms with Gasteiger partial charge >= 0.3 is 5.97 Å². The SMILES string of the molecule is O=C(Nc1cccc(CN2CCC(C(=O)O)CC2)n1)c1ccc(F)cc1. The maximum atomic E-state index is 12.9. The molecular weight excluding hydrogens is 337 g/mol. The minimum Gasteiger partial charge on any atom is -0.481 e. The summed E-state index contributed by atoms with van der Waals surface area (Å²) in [5, 5.41) is 11.8. The highest BCUT2D eigenvalue weighted by Crippen LogP contribution is 2.19. The first-order valence-electron chi connectivity index (χ1n) is 8.49. The highest BCUT2D eigenvalue weighted by Gasteiger charge is 2.24. The zero-order chi connectivity index (χ0) is 18.5. The van der Waals surface area contributed by atoms with Gasteiger partial charge < -0.3 is 10.4 Å². The van der Waals surface area contributed by atoms with Crippen molar-refractivity contribution in [2.45, 2.75) is 19.4 Å². The summed E-state index contributed by atoms with van der Waals surface area (Å²) in [6.45, 7) is 2.03. The van der Waals surface area contributed by atoms with Gasteiger partial charge in [-0.25, -0.2) is 9.37 Å². The summed E-state index contributed by atoms with van der Waals surface area (Å²) in [4.78, 5) is 29.8. The normalized spacial score (nSPS) is 15.6. The molecule has 1 amide bonds. The summed E-state index contributed by atoms with van der Waals surface area (Å²) in [5.74, 6) is -1.31. The Morgan fingerprint density at radius 2 is 1.85 bits per heavy atom. The summed E-state index contributed by atoms with van der Waals surface area (Å²) >= 11 is 0. The lowest BCUT2D eigenvalue weighted by Crippen LogP contribution is -2.36. The molecule has 136 valence electrons. The van der Waals surface area contributed by atoms with Gasteiger partial charge in [-0.15, -0.1) is 0 Å². The second kappa shape index (κ2) is 8.05. The van der Waals surface area contributed by atoms with Gasteiger partial charge in [-0.2, -0.15) is 0 Å². The predicted molar refractivity (Wildman–Crippen MR) is 94.2 cm³/mol. The molecule has 2 N–H and O–H groups in total. The highest BCUT2D eigenvalue weighted by molar-refractivity contribution is 6.03. The Kier molecular flexibility index (Phi) is 5.58. The molecule has 1 aromatic heterocycles. The largest absolute Gasteiger partial charge is 0.481 e. The van der Waals surface area contributed by atoms with Gasteiger partial charge in [0.2, 0.25) is 0 Å². The monoisotopic (exact) mass is 357 g/mol. The topological polar surface area (TPSA) is 82.5 Å². The van der Waals surface area contributed by atoms with Gasteiger partial charge in [0.1, 0.15) is 11.6 Å². The van der Waals surface area contributed by atoms with Gasteiger partial charge in [0, 0.05) is 12.1 Å². The van der Waals surface area contributed by atoms with Crippen LogP contribution in [0.3, 0.4) is 0 Å². The number of nitrogens with zero attached hydrogens (tertiary/aromatic N) is 2. The Bertz CT molecular complexity index is 787. The first-order valence-corrected chi connectivity index (χ1v) is 8.49. The second-order valence-corrected chi connectivity index (χ2v) is 6.36. The average Bonchev–Trinajstić information content (AvgIpc) is 2.63. The molecule has 1 saturated heterocycles. The number of nitrogens with one attached hydrogen (secondary N) is 1. The summed E-state index contributed by atoms with van der Waals surface area (Å²) in [5.41, 5.74) is 1.16. The van der Waals surface area contributed by atoms with Gasteiger partial charge in [-0.05, 0) is 62.3 Å². The molecular formula is C19H20FN3O3. The fourth-order valence-electron chi connectivity index (χ4n) is 2.99. The Balaban J connectivity index is 1.59. The number of aromatic nitrogens is 1. The van der Waals surface area contributed by atoms with Crippen molar-refractivity contribution in [1.29, 1.82) is 0 Å². The van der Waals surface area contributed by atoms with E-state index in [4.69, 9.17) is 5.11 Å². The first-order chi connectivity index (χ1) is 12.5. The Hall–Kier alpha value is -2.80. The minimum atomic E-state index is -0.728. The molecule has 1 aromatic carbocycles. The van der Waals surface area contributed by atoms with E-state index in [-0.39, 0.29) is 11.8 Å². The van der Waals surface area contributed by atoms with Crippen LogP contribution in [0.4, 0.5) is 10.2 Å². The quantitative estimate of drug-likeness (QED) is 0.860. The lowest BCUT2D eigenvalue weighted by Gasteiger charge is -2.29. The molecule has 0 radical (unpaired) electrons. The molecule has 6 nitrogen and oxygen atoms in total. The number of carboxylic acids is 1. The van der Waals surface area contributed by atoms with Crippen LogP contribution in [-0.2, 0) is 11.3 Å². The number of halogens is 1. The maximum Gasteiger partial charge on any atom is 0.306 e.